The van der Waals surface area contributed by atoms with Crippen molar-refractivity contribution in [2.24, 2.45) is 5.92 Å². The summed E-state index contributed by atoms with van der Waals surface area (Å²) in [6.07, 6.45) is 5.51. The first-order valence-corrected chi connectivity index (χ1v) is 11.9. The maximum atomic E-state index is 13.1. The highest BCUT2D eigenvalue weighted by Gasteiger charge is 2.29. The lowest BCUT2D eigenvalue weighted by molar-refractivity contribution is -0.121. The number of benzene rings is 2. The molecule has 0 aliphatic carbocycles. The lowest BCUT2D eigenvalue weighted by Gasteiger charge is -2.32. The van der Waals surface area contributed by atoms with Gasteiger partial charge in [0.1, 0.15) is 18.0 Å². The summed E-state index contributed by atoms with van der Waals surface area (Å²) < 4.78 is 7.88. The molecule has 0 saturated carbocycles. The van der Waals surface area contributed by atoms with E-state index in [1.54, 1.807) is 29.2 Å². The number of rotatable bonds is 6. The van der Waals surface area contributed by atoms with E-state index in [-0.39, 0.29) is 17.7 Å². The van der Waals surface area contributed by atoms with Crippen molar-refractivity contribution in [3.05, 3.63) is 95.9 Å². The standard InChI is InChI=1S/C28H28N4O3/c1-20-7-5-15-31-18-24(29-26(20)31)19-35-25-13-11-21(12-14-25)28(34)32-16-6-8-22(17-32)27(33)30-23-9-3-2-4-10-23/h2-5,7,9-15,18,22H,6,8,16-17,19H2,1H3,(H,30,33). The predicted molar refractivity (Wildman–Crippen MR) is 134 cm³/mol. The molecule has 4 aromatic rings. The van der Waals surface area contributed by atoms with E-state index in [0.717, 1.165) is 35.4 Å². The molecule has 3 heterocycles. The van der Waals surface area contributed by atoms with Crippen LogP contribution in [0.5, 0.6) is 5.75 Å². The summed E-state index contributed by atoms with van der Waals surface area (Å²) in [5, 5.41) is 2.96. The monoisotopic (exact) mass is 468 g/mol. The molecule has 178 valence electrons. The molecular formula is C28H28N4O3. The van der Waals surface area contributed by atoms with Gasteiger partial charge in [0.05, 0.1) is 11.6 Å². The molecular weight excluding hydrogens is 440 g/mol. The Kier molecular flexibility index (Phi) is 6.48. The summed E-state index contributed by atoms with van der Waals surface area (Å²) in [5.41, 5.74) is 4.23. The molecule has 1 aliphatic heterocycles. The Bertz CT molecular complexity index is 1330. The summed E-state index contributed by atoms with van der Waals surface area (Å²) >= 11 is 0. The highest BCUT2D eigenvalue weighted by molar-refractivity contribution is 5.96. The molecule has 1 unspecified atom stereocenters. The fraction of sp³-hybridized carbons (Fsp3) is 0.250. The summed E-state index contributed by atoms with van der Waals surface area (Å²) in [4.78, 5) is 32.2. The van der Waals surface area contributed by atoms with Crippen molar-refractivity contribution in [3.8, 4) is 5.75 Å². The minimum atomic E-state index is -0.218. The number of carbonyl (C=O) groups excluding carboxylic acids is 2. The minimum Gasteiger partial charge on any atom is -0.487 e. The number of piperidine rings is 1. The molecule has 7 heteroatoms. The van der Waals surface area contributed by atoms with Gasteiger partial charge in [-0.05, 0) is 67.8 Å². The summed E-state index contributed by atoms with van der Waals surface area (Å²) in [5.74, 6) is 0.350. The SMILES string of the molecule is Cc1cccn2cc(COc3ccc(C(=O)N4CCCC(C(=O)Nc5ccccc5)C4)cc3)nc12. The van der Waals surface area contributed by atoms with Crippen LogP contribution in [0.3, 0.4) is 0 Å². The topological polar surface area (TPSA) is 75.9 Å². The second kappa shape index (κ2) is 10.0. The smallest absolute Gasteiger partial charge is 0.253 e. The van der Waals surface area contributed by atoms with Crippen molar-refractivity contribution in [3.63, 3.8) is 0 Å². The summed E-state index contributed by atoms with van der Waals surface area (Å²) in [6.45, 7) is 3.45. The molecule has 0 bridgehead atoms. The Morgan fingerprint density at radius 2 is 1.86 bits per heavy atom. The van der Waals surface area contributed by atoms with Crippen molar-refractivity contribution >= 4 is 23.1 Å². The van der Waals surface area contributed by atoms with Crippen LogP contribution in [0.4, 0.5) is 5.69 Å². The number of likely N-dealkylation sites (tertiary alicyclic amines) is 1. The van der Waals surface area contributed by atoms with Crippen LogP contribution in [0.1, 0.15) is 34.5 Å². The number of nitrogens with zero attached hydrogens (tertiary/aromatic N) is 3. The van der Waals surface area contributed by atoms with E-state index in [0.29, 0.717) is 31.0 Å². The molecule has 35 heavy (non-hydrogen) atoms. The van der Waals surface area contributed by atoms with Gasteiger partial charge in [0, 0.05) is 36.7 Å². The van der Waals surface area contributed by atoms with Gasteiger partial charge in [0.2, 0.25) is 5.91 Å². The van der Waals surface area contributed by atoms with Crippen molar-refractivity contribution in [2.45, 2.75) is 26.4 Å². The van der Waals surface area contributed by atoms with E-state index in [1.807, 2.05) is 66.2 Å². The van der Waals surface area contributed by atoms with Crippen LogP contribution in [0, 0.1) is 12.8 Å². The summed E-state index contributed by atoms with van der Waals surface area (Å²) in [7, 11) is 0. The number of fused-ring (bicyclic) bond motifs is 1. The number of ether oxygens (including phenoxy) is 1. The van der Waals surface area contributed by atoms with Gasteiger partial charge < -0.3 is 19.4 Å². The Hall–Kier alpha value is -4.13. The summed E-state index contributed by atoms with van der Waals surface area (Å²) in [6, 6.07) is 20.6. The number of hydrogen-bond acceptors (Lipinski definition) is 4. The van der Waals surface area contributed by atoms with Gasteiger partial charge in [0.25, 0.3) is 5.91 Å². The second-order valence-corrected chi connectivity index (χ2v) is 8.91. The first-order chi connectivity index (χ1) is 17.1. The first kappa shape index (κ1) is 22.7. The van der Waals surface area contributed by atoms with Crippen LogP contribution in [-0.4, -0.2) is 39.2 Å². The molecule has 2 aromatic carbocycles. The lowest BCUT2D eigenvalue weighted by Crippen LogP contribution is -2.43. The maximum Gasteiger partial charge on any atom is 0.253 e. The van der Waals surface area contributed by atoms with Crippen LogP contribution in [0.15, 0.2) is 79.1 Å². The van der Waals surface area contributed by atoms with Crippen LogP contribution in [-0.2, 0) is 11.4 Å². The average Bonchev–Trinajstić information content (AvgIpc) is 3.33. The number of nitrogens with one attached hydrogen (secondary N) is 1. The normalized spacial score (nSPS) is 15.7. The van der Waals surface area contributed by atoms with Gasteiger partial charge in [0.15, 0.2) is 0 Å². The van der Waals surface area contributed by atoms with Crippen LogP contribution in [0.25, 0.3) is 5.65 Å². The van der Waals surface area contributed by atoms with Gasteiger partial charge in [-0.3, -0.25) is 9.59 Å². The zero-order valence-corrected chi connectivity index (χ0v) is 19.7. The zero-order valence-electron chi connectivity index (χ0n) is 19.7. The van der Waals surface area contributed by atoms with Crippen molar-refractivity contribution in [1.82, 2.24) is 14.3 Å². The van der Waals surface area contributed by atoms with Crippen molar-refractivity contribution in [2.75, 3.05) is 18.4 Å². The molecule has 1 fully saturated rings. The average molecular weight is 469 g/mol. The number of carbonyl (C=O) groups is 2. The highest BCUT2D eigenvalue weighted by atomic mass is 16.5. The van der Waals surface area contributed by atoms with Crippen molar-refractivity contribution < 1.29 is 14.3 Å². The zero-order chi connectivity index (χ0) is 24.2. The Labute approximate surface area is 204 Å². The van der Waals surface area contributed by atoms with E-state index >= 15 is 0 Å². The number of imidazole rings is 1. The molecule has 2 amide bonds. The first-order valence-electron chi connectivity index (χ1n) is 11.9. The fourth-order valence-electron chi connectivity index (χ4n) is 4.45. The second-order valence-electron chi connectivity index (χ2n) is 8.91. The minimum absolute atomic E-state index is 0.0420. The molecule has 0 spiro atoms. The lowest BCUT2D eigenvalue weighted by atomic mass is 9.96. The molecule has 7 nitrogen and oxygen atoms in total. The number of hydrogen-bond donors (Lipinski definition) is 1. The van der Waals surface area contributed by atoms with Gasteiger partial charge in [-0.15, -0.1) is 0 Å². The molecule has 5 rings (SSSR count). The van der Waals surface area contributed by atoms with E-state index in [2.05, 4.69) is 10.3 Å². The molecule has 1 aliphatic rings. The third-order valence-electron chi connectivity index (χ3n) is 6.34. The molecule has 1 atom stereocenters. The number of aromatic nitrogens is 2. The van der Waals surface area contributed by atoms with Gasteiger partial charge in [-0.25, -0.2) is 4.98 Å². The van der Waals surface area contributed by atoms with Crippen LogP contribution in [0.2, 0.25) is 0 Å². The quantitative estimate of drug-likeness (QED) is 0.445. The van der Waals surface area contributed by atoms with E-state index in [9.17, 15) is 9.59 Å². The largest absolute Gasteiger partial charge is 0.487 e. The number of amides is 2. The van der Waals surface area contributed by atoms with E-state index in [1.165, 1.54) is 0 Å². The number of pyridine rings is 1. The van der Waals surface area contributed by atoms with Gasteiger partial charge in [-0.2, -0.15) is 0 Å². The van der Waals surface area contributed by atoms with E-state index in [4.69, 9.17) is 4.74 Å². The fourth-order valence-corrected chi connectivity index (χ4v) is 4.45. The van der Waals surface area contributed by atoms with E-state index < -0.39 is 0 Å². The van der Waals surface area contributed by atoms with Gasteiger partial charge >= 0.3 is 0 Å². The molecule has 1 saturated heterocycles. The van der Waals surface area contributed by atoms with Crippen molar-refractivity contribution in [1.29, 1.82) is 0 Å². The number of para-hydroxylation sites is 1. The van der Waals surface area contributed by atoms with Crippen LogP contribution >= 0.6 is 0 Å². The Morgan fingerprint density at radius 1 is 1.06 bits per heavy atom. The third-order valence-corrected chi connectivity index (χ3v) is 6.34. The predicted octanol–water partition coefficient (Wildman–Crippen LogP) is 4.71. The molecule has 0 radical (unpaired) electrons. The third kappa shape index (κ3) is 5.19. The highest BCUT2D eigenvalue weighted by Crippen LogP contribution is 2.22. The maximum absolute atomic E-state index is 13.1. The molecule has 1 N–H and O–H groups in total. The Balaban J connectivity index is 1.18. The molecule has 2 aromatic heterocycles. The number of aryl methyl sites for hydroxylation is 1. The van der Waals surface area contributed by atoms with Crippen LogP contribution < -0.4 is 10.1 Å². The van der Waals surface area contributed by atoms with Gasteiger partial charge in [-0.1, -0.05) is 24.3 Å². The number of anilines is 1. The Morgan fingerprint density at radius 3 is 2.63 bits per heavy atom.